The van der Waals surface area contributed by atoms with Gasteiger partial charge in [-0.1, -0.05) is 11.8 Å². The predicted octanol–water partition coefficient (Wildman–Crippen LogP) is 2.80. The first kappa shape index (κ1) is 18.5. The van der Waals surface area contributed by atoms with E-state index >= 15 is 0 Å². The molecule has 0 N–H and O–H groups in total. The van der Waals surface area contributed by atoms with E-state index < -0.39 is 5.60 Å². The lowest BCUT2D eigenvalue weighted by Crippen LogP contribution is -2.53. The lowest BCUT2D eigenvalue weighted by molar-refractivity contribution is -0.130. The number of rotatable bonds is 2. The van der Waals surface area contributed by atoms with Gasteiger partial charge in [0.25, 0.3) is 0 Å². The Morgan fingerprint density at radius 2 is 1.72 bits per heavy atom. The van der Waals surface area contributed by atoms with E-state index in [0.29, 0.717) is 13.0 Å². The summed E-state index contributed by atoms with van der Waals surface area (Å²) in [4.78, 5) is 40.1. The van der Waals surface area contributed by atoms with Crippen LogP contribution in [0.4, 0.5) is 4.79 Å². The van der Waals surface area contributed by atoms with E-state index in [-0.39, 0.29) is 40.5 Å². The van der Waals surface area contributed by atoms with Gasteiger partial charge in [0.1, 0.15) is 5.60 Å². The molecule has 0 aromatic rings. The summed E-state index contributed by atoms with van der Waals surface area (Å²) in [6.07, 6.45) is 3.82. The third-order valence-corrected chi connectivity index (χ3v) is 6.19. The minimum Gasteiger partial charge on any atom is -0.444 e. The molecule has 0 aliphatic carbocycles. The van der Waals surface area contributed by atoms with Gasteiger partial charge in [-0.05, 0) is 46.5 Å². The molecule has 3 fully saturated rings. The average molecular weight is 368 g/mol. The van der Waals surface area contributed by atoms with Crippen molar-refractivity contribution in [1.82, 2.24) is 9.80 Å². The summed E-state index contributed by atoms with van der Waals surface area (Å²) in [5.74, 6) is 0.147. The molecule has 140 valence electrons. The maximum atomic E-state index is 12.5. The lowest BCUT2D eigenvalue weighted by atomic mass is 9.96. The number of likely N-dealkylation sites (tertiary alicyclic amines) is 1. The molecule has 7 heteroatoms. The van der Waals surface area contributed by atoms with Gasteiger partial charge in [0.05, 0.1) is 0 Å². The van der Waals surface area contributed by atoms with Gasteiger partial charge in [0.15, 0.2) is 5.12 Å². The number of ether oxygens (including phenoxy) is 1. The van der Waals surface area contributed by atoms with E-state index in [4.69, 9.17) is 4.74 Å². The minimum atomic E-state index is -0.491. The molecule has 4 atom stereocenters. The second kappa shape index (κ2) is 6.82. The fourth-order valence-corrected chi connectivity index (χ4v) is 5.31. The number of hydrogen-bond acceptors (Lipinski definition) is 5. The van der Waals surface area contributed by atoms with E-state index in [1.54, 1.807) is 6.92 Å². The summed E-state index contributed by atoms with van der Waals surface area (Å²) in [5, 5.41) is 0.144. The Morgan fingerprint density at radius 1 is 1.12 bits per heavy atom. The van der Waals surface area contributed by atoms with Crippen LogP contribution in [-0.4, -0.2) is 62.4 Å². The Hall–Kier alpha value is -1.24. The highest BCUT2D eigenvalue weighted by atomic mass is 32.2. The molecular formula is C18H28N2O4S. The monoisotopic (exact) mass is 368 g/mol. The highest BCUT2D eigenvalue weighted by Crippen LogP contribution is 2.40. The van der Waals surface area contributed by atoms with Crippen molar-refractivity contribution in [2.75, 3.05) is 6.54 Å². The Labute approximate surface area is 153 Å². The van der Waals surface area contributed by atoms with Crippen molar-refractivity contribution < 1.29 is 19.1 Å². The van der Waals surface area contributed by atoms with Crippen molar-refractivity contribution in [3.8, 4) is 0 Å². The largest absolute Gasteiger partial charge is 0.444 e. The number of nitrogens with zero attached hydrogens (tertiary/aromatic N) is 2. The van der Waals surface area contributed by atoms with Crippen LogP contribution >= 0.6 is 11.8 Å². The second-order valence-corrected chi connectivity index (χ2v) is 9.86. The number of piperidine rings is 1. The molecule has 0 spiro atoms. The van der Waals surface area contributed by atoms with Gasteiger partial charge >= 0.3 is 6.09 Å². The zero-order chi connectivity index (χ0) is 18.4. The number of fused-ring (bicyclic) bond motifs is 2. The Bertz CT molecular complexity index is 560. The van der Waals surface area contributed by atoms with Crippen LogP contribution in [0.3, 0.4) is 0 Å². The molecule has 0 aromatic heterocycles. The predicted molar refractivity (Wildman–Crippen MR) is 96.3 cm³/mol. The van der Waals surface area contributed by atoms with Crippen molar-refractivity contribution in [3.05, 3.63) is 0 Å². The number of thioether (sulfide) groups is 1. The summed E-state index contributed by atoms with van der Waals surface area (Å²) in [6.45, 7) is 7.86. The molecule has 2 bridgehead atoms. The van der Waals surface area contributed by atoms with Crippen LogP contribution < -0.4 is 0 Å². The Kier molecular flexibility index (Phi) is 5.06. The maximum Gasteiger partial charge on any atom is 0.410 e. The second-order valence-electron chi connectivity index (χ2n) is 8.38. The molecule has 3 heterocycles. The van der Waals surface area contributed by atoms with Crippen LogP contribution in [0.1, 0.15) is 59.8 Å². The summed E-state index contributed by atoms with van der Waals surface area (Å²) >= 11 is 1.28. The molecule has 2 amide bonds. The standard InChI is InChI=1S/C18H28N2O4S/c1-11(21)25-15-9-16(22)19(10-15)14-7-12-5-6-13(8-14)20(12)17(23)24-18(2,3)4/h12-15H,5-10H2,1-4H3/t12-,13+,14?,15?. The van der Waals surface area contributed by atoms with Gasteiger partial charge in [-0.25, -0.2) is 4.79 Å². The van der Waals surface area contributed by atoms with Gasteiger partial charge in [-0.2, -0.15) is 0 Å². The Balaban J connectivity index is 1.63. The molecular weight excluding hydrogens is 340 g/mol. The van der Waals surface area contributed by atoms with E-state index in [1.165, 1.54) is 11.8 Å². The molecule has 3 rings (SSSR count). The average Bonchev–Trinajstić information content (AvgIpc) is 2.94. The highest BCUT2D eigenvalue weighted by molar-refractivity contribution is 8.14. The number of hydrogen-bond donors (Lipinski definition) is 0. The molecule has 6 nitrogen and oxygen atoms in total. The van der Waals surface area contributed by atoms with E-state index in [2.05, 4.69) is 0 Å². The molecule has 3 aliphatic rings. The first-order chi connectivity index (χ1) is 11.6. The number of carbonyl (C=O) groups is 3. The fraction of sp³-hybridized carbons (Fsp3) is 0.833. The third kappa shape index (κ3) is 4.13. The zero-order valence-electron chi connectivity index (χ0n) is 15.5. The van der Waals surface area contributed by atoms with E-state index in [1.807, 2.05) is 30.6 Å². The maximum absolute atomic E-state index is 12.5. The topological polar surface area (TPSA) is 66.9 Å². The van der Waals surface area contributed by atoms with Crippen molar-refractivity contribution in [2.24, 2.45) is 0 Å². The molecule has 0 saturated carbocycles. The number of carbonyl (C=O) groups excluding carboxylic acids is 3. The van der Waals surface area contributed by atoms with Crippen molar-refractivity contribution >= 4 is 28.9 Å². The van der Waals surface area contributed by atoms with Crippen molar-refractivity contribution in [3.63, 3.8) is 0 Å². The summed E-state index contributed by atoms with van der Waals surface area (Å²) in [6, 6.07) is 0.498. The Morgan fingerprint density at radius 3 is 2.24 bits per heavy atom. The number of amides is 2. The highest BCUT2D eigenvalue weighted by Gasteiger charge is 2.48. The van der Waals surface area contributed by atoms with Crippen molar-refractivity contribution in [2.45, 2.75) is 88.8 Å². The van der Waals surface area contributed by atoms with Crippen molar-refractivity contribution in [1.29, 1.82) is 0 Å². The van der Waals surface area contributed by atoms with Gasteiger partial charge in [-0.15, -0.1) is 0 Å². The van der Waals surface area contributed by atoms with E-state index in [9.17, 15) is 14.4 Å². The SMILES string of the molecule is CC(=O)SC1CC(=O)N(C2C[C@H]3CC[C@@H](C2)N3C(=O)OC(C)(C)C)C1. The molecule has 3 saturated heterocycles. The fourth-order valence-electron chi connectivity index (χ4n) is 4.38. The van der Waals surface area contributed by atoms with E-state index in [0.717, 1.165) is 25.7 Å². The molecule has 25 heavy (non-hydrogen) atoms. The summed E-state index contributed by atoms with van der Waals surface area (Å²) in [7, 11) is 0. The molecule has 0 aromatic carbocycles. The van der Waals surface area contributed by atoms with Gasteiger partial charge in [0.2, 0.25) is 5.91 Å². The van der Waals surface area contributed by atoms with Gasteiger partial charge in [-0.3, -0.25) is 9.59 Å². The third-order valence-electron chi connectivity index (χ3n) is 5.21. The van der Waals surface area contributed by atoms with Crippen LogP contribution in [-0.2, 0) is 14.3 Å². The summed E-state index contributed by atoms with van der Waals surface area (Å²) in [5.41, 5.74) is -0.491. The zero-order valence-corrected chi connectivity index (χ0v) is 16.3. The molecule has 0 radical (unpaired) electrons. The molecule has 2 unspecified atom stereocenters. The smallest absolute Gasteiger partial charge is 0.410 e. The normalized spacial score (nSPS) is 32.2. The van der Waals surface area contributed by atoms with Crippen LogP contribution in [0.2, 0.25) is 0 Å². The van der Waals surface area contributed by atoms with Crippen LogP contribution in [0, 0.1) is 0 Å². The first-order valence-electron chi connectivity index (χ1n) is 9.12. The van der Waals surface area contributed by atoms with Crippen LogP contribution in [0.5, 0.6) is 0 Å². The van der Waals surface area contributed by atoms with Crippen LogP contribution in [0.15, 0.2) is 0 Å². The first-order valence-corrected chi connectivity index (χ1v) is 10.00. The van der Waals surface area contributed by atoms with Gasteiger partial charge < -0.3 is 14.5 Å². The lowest BCUT2D eigenvalue weighted by Gasteiger charge is -2.42. The van der Waals surface area contributed by atoms with Crippen LogP contribution in [0.25, 0.3) is 0 Å². The van der Waals surface area contributed by atoms with Gasteiger partial charge in [0, 0.05) is 43.3 Å². The quantitative estimate of drug-likeness (QED) is 0.750. The summed E-state index contributed by atoms with van der Waals surface area (Å²) < 4.78 is 5.57. The molecule has 3 aliphatic heterocycles. The minimum absolute atomic E-state index is 0.0689.